The van der Waals surface area contributed by atoms with E-state index in [0.29, 0.717) is 11.4 Å². The van der Waals surface area contributed by atoms with Crippen LogP contribution in [0.25, 0.3) is 0 Å². The third-order valence-corrected chi connectivity index (χ3v) is 3.05. The molecule has 0 aliphatic heterocycles. The minimum Gasteiger partial charge on any atom is -0.397 e. The maximum atomic E-state index is 5.76. The van der Waals surface area contributed by atoms with E-state index in [0.717, 1.165) is 21.4 Å². The van der Waals surface area contributed by atoms with Crippen molar-refractivity contribution in [1.82, 2.24) is 0 Å². The second-order valence-corrected chi connectivity index (χ2v) is 4.84. The van der Waals surface area contributed by atoms with Crippen LogP contribution in [-0.4, -0.2) is 0 Å². The molecule has 4 heteroatoms. The standard InChI is InChI=1S/C13H14BrN3/c1-8-6-9(14)2-5-13(8)17-10-3-4-11(15)12(16)7-10/h2-7,17H,15-16H2,1H3. The summed E-state index contributed by atoms with van der Waals surface area (Å²) in [7, 11) is 0. The van der Waals surface area contributed by atoms with Gasteiger partial charge >= 0.3 is 0 Å². The van der Waals surface area contributed by atoms with Gasteiger partial charge in [-0.1, -0.05) is 15.9 Å². The van der Waals surface area contributed by atoms with Crippen molar-refractivity contribution < 1.29 is 0 Å². The van der Waals surface area contributed by atoms with Crippen molar-refractivity contribution in [3.8, 4) is 0 Å². The van der Waals surface area contributed by atoms with Crippen molar-refractivity contribution in [2.45, 2.75) is 6.92 Å². The molecule has 3 nitrogen and oxygen atoms in total. The van der Waals surface area contributed by atoms with Gasteiger partial charge in [0.15, 0.2) is 0 Å². The van der Waals surface area contributed by atoms with Crippen molar-refractivity contribution in [2.24, 2.45) is 0 Å². The van der Waals surface area contributed by atoms with Crippen LogP contribution < -0.4 is 16.8 Å². The molecule has 0 fully saturated rings. The van der Waals surface area contributed by atoms with Gasteiger partial charge in [0.05, 0.1) is 11.4 Å². The predicted octanol–water partition coefficient (Wildman–Crippen LogP) is 3.67. The number of rotatable bonds is 2. The molecule has 2 rings (SSSR count). The molecule has 0 aliphatic rings. The quantitative estimate of drug-likeness (QED) is 0.740. The Balaban J connectivity index is 2.28. The Hall–Kier alpha value is -1.68. The van der Waals surface area contributed by atoms with E-state index in [2.05, 4.69) is 27.3 Å². The Kier molecular flexibility index (Phi) is 3.24. The SMILES string of the molecule is Cc1cc(Br)ccc1Nc1ccc(N)c(N)c1. The molecular weight excluding hydrogens is 278 g/mol. The molecule has 0 aromatic heterocycles. The van der Waals surface area contributed by atoms with E-state index < -0.39 is 0 Å². The summed E-state index contributed by atoms with van der Waals surface area (Å²) in [5.41, 5.74) is 15.8. The normalized spacial score (nSPS) is 10.2. The first kappa shape index (κ1) is 11.8. The number of benzene rings is 2. The minimum absolute atomic E-state index is 0.588. The zero-order chi connectivity index (χ0) is 12.4. The van der Waals surface area contributed by atoms with E-state index in [1.165, 1.54) is 0 Å². The van der Waals surface area contributed by atoms with Gasteiger partial charge in [-0.25, -0.2) is 0 Å². The fourth-order valence-corrected chi connectivity index (χ4v) is 2.05. The second-order valence-electron chi connectivity index (χ2n) is 3.93. The maximum absolute atomic E-state index is 5.76. The molecule has 88 valence electrons. The number of anilines is 4. The van der Waals surface area contributed by atoms with Crippen molar-refractivity contribution in [2.75, 3.05) is 16.8 Å². The molecule has 5 N–H and O–H groups in total. The van der Waals surface area contributed by atoms with Crippen LogP contribution >= 0.6 is 15.9 Å². The predicted molar refractivity (Wildman–Crippen MR) is 77.4 cm³/mol. The van der Waals surface area contributed by atoms with Gasteiger partial charge in [-0.2, -0.15) is 0 Å². The lowest BCUT2D eigenvalue weighted by atomic mass is 10.2. The number of nitrogens with one attached hydrogen (secondary N) is 1. The smallest absolute Gasteiger partial charge is 0.0568 e. The van der Waals surface area contributed by atoms with Crippen LogP contribution in [-0.2, 0) is 0 Å². The Morgan fingerprint density at radius 3 is 2.41 bits per heavy atom. The second kappa shape index (κ2) is 4.67. The molecule has 17 heavy (non-hydrogen) atoms. The van der Waals surface area contributed by atoms with Gasteiger partial charge < -0.3 is 16.8 Å². The van der Waals surface area contributed by atoms with Crippen molar-refractivity contribution in [3.05, 3.63) is 46.4 Å². The minimum atomic E-state index is 0.588. The first-order valence-electron chi connectivity index (χ1n) is 5.24. The third kappa shape index (κ3) is 2.71. The molecule has 2 aromatic rings. The molecule has 2 aromatic carbocycles. The number of halogens is 1. The van der Waals surface area contributed by atoms with E-state index in [9.17, 15) is 0 Å². The Labute approximate surface area is 109 Å². The van der Waals surface area contributed by atoms with Gasteiger partial charge in [0.1, 0.15) is 0 Å². The highest BCUT2D eigenvalue weighted by Crippen LogP contribution is 2.26. The number of aryl methyl sites for hydroxylation is 1. The summed E-state index contributed by atoms with van der Waals surface area (Å²) in [6, 6.07) is 11.6. The van der Waals surface area contributed by atoms with Gasteiger partial charge in [-0.05, 0) is 48.9 Å². The average Bonchev–Trinajstić information content (AvgIpc) is 2.27. The van der Waals surface area contributed by atoms with Gasteiger partial charge in [-0.15, -0.1) is 0 Å². The summed E-state index contributed by atoms with van der Waals surface area (Å²) in [5, 5.41) is 3.31. The molecule has 0 unspecified atom stereocenters. The first-order valence-corrected chi connectivity index (χ1v) is 6.04. The third-order valence-electron chi connectivity index (χ3n) is 2.55. The van der Waals surface area contributed by atoms with Crippen LogP contribution in [0.1, 0.15) is 5.56 Å². The molecule has 0 spiro atoms. The van der Waals surface area contributed by atoms with Crippen LogP contribution in [0.3, 0.4) is 0 Å². The topological polar surface area (TPSA) is 64.1 Å². The van der Waals surface area contributed by atoms with Crippen LogP contribution in [0.5, 0.6) is 0 Å². The number of nitrogens with two attached hydrogens (primary N) is 2. The molecule has 0 radical (unpaired) electrons. The number of hydrogen-bond donors (Lipinski definition) is 3. The lowest BCUT2D eigenvalue weighted by Crippen LogP contribution is -1.97. The summed E-state index contributed by atoms with van der Waals surface area (Å²) in [6.07, 6.45) is 0. The summed E-state index contributed by atoms with van der Waals surface area (Å²) in [4.78, 5) is 0. The van der Waals surface area contributed by atoms with Crippen LogP contribution in [0, 0.1) is 6.92 Å². The van der Waals surface area contributed by atoms with E-state index in [-0.39, 0.29) is 0 Å². The van der Waals surface area contributed by atoms with Crippen molar-refractivity contribution >= 4 is 38.7 Å². The molecular formula is C13H14BrN3. The molecule has 0 bridgehead atoms. The zero-order valence-corrected chi connectivity index (χ0v) is 11.1. The van der Waals surface area contributed by atoms with Crippen LogP contribution in [0.15, 0.2) is 40.9 Å². The highest BCUT2D eigenvalue weighted by Gasteiger charge is 2.01. The average molecular weight is 292 g/mol. The highest BCUT2D eigenvalue weighted by atomic mass is 79.9. The van der Waals surface area contributed by atoms with Crippen LogP contribution in [0.4, 0.5) is 22.7 Å². The monoisotopic (exact) mass is 291 g/mol. The maximum Gasteiger partial charge on any atom is 0.0568 e. The largest absolute Gasteiger partial charge is 0.397 e. The van der Waals surface area contributed by atoms with E-state index >= 15 is 0 Å². The number of hydrogen-bond acceptors (Lipinski definition) is 3. The van der Waals surface area contributed by atoms with Crippen molar-refractivity contribution in [3.63, 3.8) is 0 Å². The van der Waals surface area contributed by atoms with E-state index in [1.54, 1.807) is 6.07 Å². The van der Waals surface area contributed by atoms with Gasteiger partial charge in [0, 0.05) is 15.8 Å². The molecule has 0 saturated heterocycles. The molecule has 0 atom stereocenters. The Morgan fingerprint density at radius 2 is 1.76 bits per heavy atom. The fraction of sp³-hybridized carbons (Fsp3) is 0.0769. The van der Waals surface area contributed by atoms with E-state index in [1.807, 2.05) is 31.2 Å². The van der Waals surface area contributed by atoms with Gasteiger partial charge in [0.2, 0.25) is 0 Å². The van der Waals surface area contributed by atoms with Crippen LogP contribution in [0.2, 0.25) is 0 Å². The molecule has 0 saturated carbocycles. The summed E-state index contributed by atoms with van der Waals surface area (Å²) >= 11 is 3.44. The van der Waals surface area contributed by atoms with Gasteiger partial charge in [-0.3, -0.25) is 0 Å². The molecule has 0 amide bonds. The first-order chi connectivity index (χ1) is 8.06. The molecule has 0 aliphatic carbocycles. The molecule has 0 heterocycles. The number of nitrogen functional groups attached to an aromatic ring is 2. The summed E-state index contributed by atoms with van der Waals surface area (Å²) in [6.45, 7) is 2.05. The lowest BCUT2D eigenvalue weighted by molar-refractivity contribution is 1.42. The lowest BCUT2D eigenvalue weighted by Gasteiger charge is -2.11. The Morgan fingerprint density at radius 1 is 1.00 bits per heavy atom. The summed E-state index contributed by atoms with van der Waals surface area (Å²) < 4.78 is 1.07. The Bertz CT molecular complexity index is 552. The zero-order valence-electron chi connectivity index (χ0n) is 9.50. The summed E-state index contributed by atoms with van der Waals surface area (Å²) in [5.74, 6) is 0. The van der Waals surface area contributed by atoms with E-state index in [4.69, 9.17) is 11.5 Å². The van der Waals surface area contributed by atoms with Crippen molar-refractivity contribution in [1.29, 1.82) is 0 Å². The van der Waals surface area contributed by atoms with Gasteiger partial charge in [0.25, 0.3) is 0 Å². The fourth-order valence-electron chi connectivity index (χ4n) is 1.58. The highest BCUT2D eigenvalue weighted by molar-refractivity contribution is 9.10.